The van der Waals surface area contributed by atoms with Crippen LogP contribution in [0.15, 0.2) is 18.2 Å². The first kappa shape index (κ1) is 11.7. The smallest absolute Gasteiger partial charge is 0.165 e. The summed E-state index contributed by atoms with van der Waals surface area (Å²) in [6.45, 7) is 4.10. The summed E-state index contributed by atoms with van der Waals surface area (Å²) in [5, 5.41) is 0. The molecule has 0 saturated carbocycles. The predicted octanol–water partition coefficient (Wildman–Crippen LogP) is 2.79. The molecular weight excluding hydrogens is 296 g/mol. The standard InChI is InChI=1S/C10H13FINO/c1-3-14-9-5-4-7(6-8(9)11)10(2,12)13/h4-6H,3,13H2,1-2H3/t10-/m0/s1. The lowest BCUT2D eigenvalue weighted by atomic mass is 10.1. The highest BCUT2D eigenvalue weighted by Crippen LogP contribution is 2.28. The Morgan fingerprint density at radius 2 is 2.21 bits per heavy atom. The third-order valence-corrected chi connectivity index (χ3v) is 2.42. The molecule has 0 fully saturated rings. The maximum absolute atomic E-state index is 13.4. The van der Waals surface area contributed by atoms with Crippen LogP contribution in [0.4, 0.5) is 4.39 Å². The fourth-order valence-electron chi connectivity index (χ4n) is 1.08. The maximum Gasteiger partial charge on any atom is 0.165 e. The zero-order valence-electron chi connectivity index (χ0n) is 8.18. The van der Waals surface area contributed by atoms with Gasteiger partial charge < -0.3 is 10.5 Å². The van der Waals surface area contributed by atoms with Gasteiger partial charge in [-0.3, -0.25) is 0 Å². The number of hydrogen-bond donors (Lipinski definition) is 1. The molecule has 0 aliphatic carbocycles. The predicted molar refractivity (Wildman–Crippen MR) is 63.1 cm³/mol. The summed E-state index contributed by atoms with van der Waals surface area (Å²) in [7, 11) is 0. The van der Waals surface area contributed by atoms with Crippen molar-refractivity contribution in [2.45, 2.75) is 17.4 Å². The molecule has 0 aromatic heterocycles. The zero-order valence-corrected chi connectivity index (χ0v) is 10.3. The van der Waals surface area contributed by atoms with Gasteiger partial charge in [0.15, 0.2) is 11.6 Å². The third kappa shape index (κ3) is 2.81. The average Bonchev–Trinajstić information content (AvgIpc) is 2.07. The fourth-order valence-corrected chi connectivity index (χ4v) is 1.41. The van der Waals surface area contributed by atoms with Gasteiger partial charge in [0.25, 0.3) is 0 Å². The van der Waals surface area contributed by atoms with E-state index in [1.54, 1.807) is 12.1 Å². The molecule has 1 rings (SSSR count). The Labute approximate surface area is 96.8 Å². The number of benzene rings is 1. The minimum atomic E-state index is -0.552. The molecule has 2 nitrogen and oxygen atoms in total. The fraction of sp³-hybridized carbons (Fsp3) is 0.400. The van der Waals surface area contributed by atoms with Crippen molar-refractivity contribution in [2.24, 2.45) is 5.73 Å². The van der Waals surface area contributed by atoms with Crippen molar-refractivity contribution >= 4 is 22.6 Å². The molecule has 0 unspecified atom stereocenters. The third-order valence-electron chi connectivity index (χ3n) is 1.80. The van der Waals surface area contributed by atoms with Gasteiger partial charge in [-0.1, -0.05) is 28.7 Å². The Balaban J connectivity index is 3.01. The van der Waals surface area contributed by atoms with E-state index in [0.717, 1.165) is 5.56 Å². The lowest BCUT2D eigenvalue weighted by molar-refractivity contribution is 0.321. The van der Waals surface area contributed by atoms with E-state index in [0.29, 0.717) is 6.61 Å². The van der Waals surface area contributed by atoms with E-state index < -0.39 is 3.55 Å². The first-order chi connectivity index (χ1) is 6.45. The first-order valence-corrected chi connectivity index (χ1v) is 5.43. The molecule has 1 aromatic carbocycles. The van der Waals surface area contributed by atoms with Crippen molar-refractivity contribution in [3.63, 3.8) is 0 Å². The Hall–Kier alpha value is -0.360. The highest BCUT2D eigenvalue weighted by atomic mass is 127. The van der Waals surface area contributed by atoms with Crippen molar-refractivity contribution in [1.29, 1.82) is 0 Å². The molecule has 78 valence electrons. The van der Waals surface area contributed by atoms with Crippen molar-refractivity contribution in [3.05, 3.63) is 29.6 Å². The monoisotopic (exact) mass is 309 g/mol. The number of rotatable bonds is 3. The van der Waals surface area contributed by atoms with Gasteiger partial charge in [-0.2, -0.15) is 0 Å². The molecule has 0 aliphatic rings. The van der Waals surface area contributed by atoms with Crippen LogP contribution in [0, 0.1) is 5.82 Å². The Morgan fingerprint density at radius 1 is 1.57 bits per heavy atom. The van der Waals surface area contributed by atoms with Crippen LogP contribution in [0.2, 0.25) is 0 Å². The van der Waals surface area contributed by atoms with Crippen LogP contribution >= 0.6 is 22.6 Å². The SMILES string of the molecule is CCOc1ccc([C@](C)(N)I)cc1F. The molecular formula is C10H13FINO. The van der Waals surface area contributed by atoms with Crippen molar-refractivity contribution in [1.82, 2.24) is 0 Å². The van der Waals surface area contributed by atoms with E-state index in [9.17, 15) is 4.39 Å². The second kappa shape index (κ2) is 4.44. The van der Waals surface area contributed by atoms with Crippen molar-refractivity contribution in [3.8, 4) is 5.75 Å². The normalized spacial score (nSPS) is 14.9. The van der Waals surface area contributed by atoms with Gasteiger partial charge in [0.05, 0.1) is 10.2 Å². The molecule has 4 heteroatoms. The van der Waals surface area contributed by atoms with E-state index in [4.69, 9.17) is 10.5 Å². The molecule has 0 radical (unpaired) electrons. The molecule has 0 bridgehead atoms. The minimum Gasteiger partial charge on any atom is -0.491 e. The Bertz CT molecular complexity index is 322. The number of hydrogen-bond acceptors (Lipinski definition) is 2. The van der Waals surface area contributed by atoms with Gasteiger partial charge in [-0.25, -0.2) is 4.39 Å². The van der Waals surface area contributed by atoms with Gasteiger partial charge in [0.1, 0.15) is 0 Å². The molecule has 0 aliphatic heterocycles. The maximum atomic E-state index is 13.4. The van der Waals surface area contributed by atoms with Gasteiger partial charge in [0, 0.05) is 0 Å². The molecule has 2 N–H and O–H groups in total. The first-order valence-electron chi connectivity index (χ1n) is 4.35. The lowest BCUT2D eigenvalue weighted by Crippen LogP contribution is -2.24. The molecule has 1 aromatic rings. The van der Waals surface area contributed by atoms with E-state index >= 15 is 0 Å². The summed E-state index contributed by atoms with van der Waals surface area (Å²) >= 11 is 2.06. The summed E-state index contributed by atoms with van der Waals surface area (Å²) in [6, 6.07) is 4.80. The average molecular weight is 309 g/mol. The van der Waals surface area contributed by atoms with Crippen molar-refractivity contribution in [2.75, 3.05) is 6.61 Å². The number of ether oxygens (including phenoxy) is 1. The zero-order chi connectivity index (χ0) is 10.8. The van der Waals surface area contributed by atoms with E-state index in [1.165, 1.54) is 6.07 Å². The molecule has 0 saturated heterocycles. The van der Waals surface area contributed by atoms with Gasteiger partial charge >= 0.3 is 0 Å². The quantitative estimate of drug-likeness (QED) is 0.529. The summed E-state index contributed by atoms with van der Waals surface area (Å²) in [5.74, 6) is -0.0883. The second-order valence-electron chi connectivity index (χ2n) is 3.15. The van der Waals surface area contributed by atoms with Gasteiger partial charge in [0.2, 0.25) is 0 Å². The topological polar surface area (TPSA) is 35.2 Å². The van der Waals surface area contributed by atoms with Crippen LogP contribution in [-0.4, -0.2) is 6.61 Å². The Kier molecular flexibility index (Phi) is 3.71. The largest absolute Gasteiger partial charge is 0.491 e. The van der Waals surface area contributed by atoms with Crippen LogP contribution in [-0.2, 0) is 3.55 Å². The van der Waals surface area contributed by atoms with E-state index in [2.05, 4.69) is 22.6 Å². The number of halogens is 2. The molecule has 1 atom stereocenters. The summed E-state index contributed by atoms with van der Waals surface area (Å²) in [5.41, 5.74) is 6.58. The highest BCUT2D eigenvalue weighted by molar-refractivity contribution is 14.1. The van der Waals surface area contributed by atoms with Gasteiger partial charge in [-0.05, 0) is 31.5 Å². The molecule has 0 amide bonds. The lowest BCUT2D eigenvalue weighted by Gasteiger charge is -2.17. The molecule has 14 heavy (non-hydrogen) atoms. The van der Waals surface area contributed by atoms with Crippen molar-refractivity contribution < 1.29 is 9.13 Å². The number of alkyl halides is 1. The summed E-state index contributed by atoms with van der Waals surface area (Å²) in [6.07, 6.45) is 0. The molecule has 0 heterocycles. The van der Waals surface area contributed by atoms with E-state index in [-0.39, 0.29) is 11.6 Å². The molecule has 0 spiro atoms. The highest BCUT2D eigenvalue weighted by Gasteiger charge is 2.18. The number of nitrogens with two attached hydrogens (primary N) is 1. The Morgan fingerprint density at radius 3 is 2.64 bits per heavy atom. The summed E-state index contributed by atoms with van der Waals surface area (Å²) in [4.78, 5) is 0. The van der Waals surface area contributed by atoms with Crippen LogP contribution < -0.4 is 10.5 Å². The van der Waals surface area contributed by atoms with Crippen LogP contribution in [0.5, 0.6) is 5.75 Å². The minimum absolute atomic E-state index is 0.275. The van der Waals surface area contributed by atoms with Gasteiger partial charge in [-0.15, -0.1) is 0 Å². The van der Waals surface area contributed by atoms with Crippen LogP contribution in [0.3, 0.4) is 0 Å². The summed E-state index contributed by atoms with van der Waals surface area (Å²) < 4.78 is 17.9. The van der Waals surface area contributed by atoms with E-state index in [1.807, 2.05) is 13.8 Å². The van der Waals surface area contributed by atoms with Crippen LogP contribution in [0.1, 0.15) is 19.4 Å². The van der Waals surface area contributed by atoms with Crippen LogP contribution in [0.25, 0.3) is 0 Å². The second-order valence-corrected chi connectivity index (χ2v) is 5.39.